The van der Waals surface area contributed by atoms with Gasteiger partial charge >= 0.3 is 0 Å². The zero-order valence-corrected chi connectivity index (χ0v) is 12.1. The molecule has 0 spiro atoms. The number of hydrogen-bond donors (Lipinski definition) is 1. The summed E-state index contributed by atoms with van der Waals surface area (Å²) in [4.78, 5) is 11.2. The zero-order valence-electron chi connectivity index (χ0n) is 12.1. The van der Waals surface area contributed by atoms with Crippen LogP contribution in [0, 0.1) is 6.92 Å². The highest BCUT2D eigenvalue weighted by Crippen LogP contribution is 2.22. The van der Waals surface area contributed by atoms with Crippen LogP contribution in [0.2, 0.25) is 0 Å². The SMILES string of the molecule is Cc1nc(C2CN(C(C)C)CCO2)ncc1C(C)O. The summed E-state index contributed by atoms with van der Waals surface area (Å²) in [5.41, 5.74) is 1.60. The molecule has 2 rings (SSSR count). The lowest BCUT2D eigenvalue weighted by molar-refractivity contribution is -0.0444. The molecule has 0 radical (unpaired) electrons. The van der Waals surface area contributed by atoms with Crippen molar-refractivity contribution in [1.82, 2.24) is 14.9 Å². The molecule has 1 saturated heterocycles. The van der Waals surface area contributed by atoms with Gasteiger partial charge in [0, 0.05) is 36.6 Å². The molecule has 1 aliphatic rings. The van der Waals surface area contributed by atoms with E-state index in [1.807, 2.05) is 6.92 Å². The Morgan fingerprint density at radius 3 is 2.74 bits per heavy atom. The fourth-order valence-electron chi connectivity index (χ4n) is 2.35. The molecule has 2 unspecified atom stereocenters. The molecule has 1 aromatic heterocycles. The number of rotatable bonds is 3. The Bertz CT molecular complexity index is 435. The number of morpholine rings is 1. The molecule has 1 fully saturated rings. The average Bonchev–Trinajstić information content (AvgIpc) is 2.38. The highest BCUT2D eigenvalue weighted by Gasteiger charge is 2.26. The molecule has 0 saturated carbocycles. The van der Waals surface area contributed by atoms with Crippen LogP contribution in [-0.2, 0) is 4.74 Å². The van der Waals surface area contributed by atoms with Crippen molar-refractivity contribution in [1.29, 1.82) is 0 Å². The van der Waals surface area contributed by atoms with Crippen LogP contribution < -0.4 is 0 Å². The van der Waals surface area contributed by atoms with Gasteiger partial charge in [-0.25, -0.2) is 9.97 Å². The van der Waals surface area contributed by atoms with E-state index in [2.05, 4.69) is 28.7 Å². The molecular weight excluding hydrogens is 242 g/mol. The van der Waals surface area contributed by atoms with Crippen LogP contribution in [0.25, 0.3) is 0 Å². The molecule has 2 atom stereocenters. The van der Waals surface area contributed by atoms with E-state index in [1.54, 1.807) is 13.1 Å². The van der Waals surface area contributed by atoms with E-state index in [-0.39, 0.29) is 6.10 Å². The van der Waals surface area contributed by atoms with Crippen molar-refractivity contribution in [2.24, 2.45) is 0 Å². The number of nitrogens with zero attached hydrogens (tertiary/aromatic N) is 3. The highest BCUT2D eigenvalue weighted by atomic mass is 16.5. The van der Waals surface area contributed by atoms with Gasteiger partial charge in [-0.1, -0.05) is 0 Å². The first-order valence-electron chi connectivity index (χ1n) is 6.86. The fraction of sp³-hybridized carbons (Fsp3) is 0.714. The predicted octanol–water partition coefficient (Wildman–Crippen LogP) is 1.62. The second kappa shape index (κ2) is 5.94. The second-order valence-electron chi connectivity index (χ2n) is 5.39. The molecule has 5 nitrogen and oxygen atoms in total. The Balaban J connectivity index is 2.15. The van der Waals surface area contributed by atoms with E-state index < -0.39 is 6.10 Å². The first kappa shape index (κ1) is 14.4. The van der Waals surface area contributed by atoms with Gasteiger partial charge in [0.1, 0.15) is 6.10 Å². The van der Waals surface area contributed by atoms with Gasteiger partial charge in [0.25, 0.3) is 0 Å². The minimum atomic E-state index is -0.534. The molecule has 106 valence electrons. The Morgan fingerprint density at radius 1 is 1.42 bits per heavy atom. The molecular formula is C14H23N3O2. The third kappa shape index (κ3) is 3.29. The number of aromatic nitrogens is 2. The summed E-state index contributed by atoms with van der Waals surface area (Å²) in [6.45, 7) is 10.5. The van der Waals surface area contributed by atoms with E-state index in [1.165, 1.54) is 0 Å². The van der Waals surface area contributed by atoms with Gasteiger partial charge in [0.05, 0.1) is 12.7 Å². The number of hydrogen-bond acceptors (Lipinski definition) is 5. The summed E-state index contributed by atoms with van der Waals surface area (Å²) in [6.07, 6.45) is 1.10. The summed E-state index contributed by atoms with van der Waals surface area (Å²) < 4.78 is 5.77. The van der Waals surface area contributed by atoms with Crippen molar-refractivity contribution in [3.63, 3.8) is 0 Å². The third-order valence-electron chi connectivity index (χ3n) is 3.60. The maximum Gasteiger partial charge on any atom is 0.158 e. The van der Waals surface area contributed by atoms with Crippen molar-refractivity contribution in [3.8, 4) is 0 Å². The van der Waals surface area contributed by atoms with Gasteiger partial charge in [-0.3, -0.25) is 4.90 Å². The number of ether oxygens (including phenoxy) is 1. The zero-order chi connectivity index (χ0) is 14.0. The lowest BCUT2D eigenvalue weighted by Crippen LogP contribution is -2.42. The first-order valence-corrected chi connectivity index (χ1v) is 6.86. The summed E-state index contributed by atoms with van der Waals surface area (Å²) in [5.74, 6) is 0.715. The standard InChI is InChI=1S/C14H23N3O2/c1-9(2)17-5-6-19-13(8-17)14-15-7-12(11(4)18)10(3)16-14/h7,9,11,13,18H,5-6,8H2,1-4H3. The van der Waals surface area contributed by atoms with Crippen LogP contribution >= 0.6 is 0 Å². The molecule has 1 N–H and O–H groups in total. The lowest BCUT2D eigenvalue weighted by atomic mass is 10.1. The van der Waals surface area contributed by atoms with E-state index in [0.717, 1.165) is 24.3 Å². The summed E-state index contributed by atoms with van der Waals surface area (Å²) in [6, 6.07) is 0.504. The molecule has 0 aromatic carbocycles. The molecule has 1 aliphatic heterocycles. The van der Waals surface area contributed by atoms with E-state index >= 15 is 0 Å². The molecule has 0 aliphatic carbocycles. The van der Waals surface area contributed by atoms with Gasteiger partial charge in [0.2, 0.25) is 0 Å². The van der Waals surface area contributed by atoms with E-state index in [9.17, 15) is 5.11 Å². The second-order valence-corrected chi connectivity index (χ2v) is 5.39. The molecule has 5 heteroatoms. The predicted molar refractivity (Wildman–Crippen MR) is 72.8 cm³/mol. The van der Waals surface area contributed by atoms with Crippen LogP contribution in [0.1, 0.15) is 50.1 Å². The minimum Gasteiger partial charge on any atom is -0.389 e. The Kier molecular flexibility index (Phi) is 4.50. The van der Waals surface area contributed by atoms with E-state index in [0.29, 0.717) is 18.5 Å². The fourth-order valence-corrected chi connectivity index (χ4v) is 2.35. The normalized spacial score (nSPS) is 22.7. The Hall–Kier alpha value is -1.04. The number of aryl methyl sites for hydroxylation is 1. The van der Waals surface area contributed by atoms with Crippen LogP contribution in [-0.4, -0.2) is 45.7 Å². The quantitative estimate of drug-likeness (QED) is 0.900. The maximum atomic E-state index is 9.60. The molecule has 1 aromatic rings. The van der Waals surface area contributed by atoms with Crippen molar-refractivity contribution < 1.29 is 9.84 Å². The van der Waals surface area contributed by atoms with Gasteiger partial charge in [0.15, 0.2) is 5.82 Å². The monoisotopic (exact) mass is 265 g/mol. The van der Waals surface area contributed by atoms with Crippen molar-refractivity contribution >= 4 is 0 Å². The lowest BCUT2D eigenvalue weighted by Gasteiger charge is -2.34. The average molecular weight is 265 g/mol. The Labute approximate surface area is 114 Å². The van der Waals surface area contributed by atoms with Crippen LogP contribution in [0.5, 0.6) is 0 Å². The Morgan fingerprint density at radius 2 is 2.16 bits per heavy atom. The van der Waals surface area contributed by atoms with Gasteiger partial charge in [-0.2, -0.15) is 0 Å². The van der Waals surface area contributed by atoms with Crippen LogP contribution in [0.3, 0.4) is 0 Å². The molecule has 0 bridgehead atoms. The van der Waals surface area contributed by atoms with Gasteiger partial charge < -0.3 is 9.84 Å². The van der Waals surface area contributed by atoms with Crippen molar-refractivity contribution in [3.05, 3.63) is 23.3 Å². The van der Waals surface area contributed by atoms with Crippen molar-refractivity contribution in [2.75, 3.05) is 19.7 Å². The minimum absolute atomic E-state index is 0.0714. The first-order chi connectivity index (χ1) is 8.99. The maximum absolute atomic E-state index is 9.60. The molecule has 19 heavy (non-hydrogen) atoms. The summed E-state index contributed by atoms with van der Waals surface area (Å²) in [7, 11) is 0. The van der Waals surface area contributed by atoms with Crippen LogP contribution in [0.15, 0.2) is 6.20 Å². The summed E-state index contributed by atoms with van der Waals surface area (Å²) in [5, 5.41) is 9.60. The van der Waals surface area contributed by atoms with Gasteiger partial charge in [-0.15, -0.1) is 0 Å². The number of aliphatic hydroxyl groups excluding tert-OH is 1. The number of aliphatic hydroxyl groups is 1. The van der Waals surface area contributed by atoms with Crippen molar-refractivity contribution in [2.45, 2.75) is 45.9 Å². The highest BCUT2D eigenvalue weighted by molar-refractivity contribution is 5.19. The van der Waals surface area contributed by atoms with E-state index in [4.69, 9.17) is 4.74 Å². The summed E-state index contributed by atoms with van der Waals surface area (Å²) >= 11 is 0. The largest absolute Gasteiger partial charge is 0.389 e. The topological polar surface area (TPSA) is 58.5 Å². The molecule has 0 amide bonds. The van der Waals surface area contributed by atoms with Crippen LogP contribution in [0.4, 0.5) is 0 Å². The van der Waals surface area contributed by atoms with Gasteiger partial charge in [-0.05, 0) is 27.7 Å². The smallest absolute Gasteiger partial charge is 0.158 e. The third-order valence-corrected chi connectivity index (χ3v) is 3.60. The molecule has 2 heterocycles.